The molecule has 3 heteroatoms. The predicted octanol–water partition coefficient (Wildman–Crippen LogP) is 5.37. The summed E-state index contributed by atoms with van der Waals surface area (Å²) in [7, 11) is 0. The monoisotopic (exact) mass is 415 g/mol. The third-order valence-electron chi connectivity index (χ3n) is 12.1. The highest BCUT2D eigenvalue weighted by Gasteiger charge is 2.68. The third-order valence-corrected chi connectivity index (χ3v) is 12.1. The fourth-order valence-electron chi connectivity index (χ4n) is 10.4. The Kier molecular flexibility index (Phi) is 4.58. The van der Waals surface area contributed by atoms with E-state index in [1.165, 1.54) is 51.4 Å². The second-order valence-electron chi connectivity index (χ2n) is 13.3. The van der Waals surface area contributed by atoms with Gasteiger partial charge >= 0.3 is 0 Å². The van der Waals surface area contributed by atoms with E-state index in [-0.39, 0.29) is 11.8 Å². The molecule has 6 fully saturated rings. The zero-order chi connectivity index (χ0) is 20.9. The molecule has 0 bridgehead atoms. The summed E-state index contributed by atoms with van der Waals surface area (Å²) in [5.41, 5.74) is 0.919. The van der Waals surface area contributed by atoms with Gasteiger partial charge in [-0.25, -0.2) is 0 Å². The molecule has 12 atom stereocenters. The van der Waals surface area contributed by atoms with E-state index in [1.54, 1.807) is 0 Å². The van der Waals surface area contributed by atoms with Gasteiger partial charge in [-0.2, -0.15) is 0 Å². The first kappa shape index (κ1) is 20.5. The molecule has 2 aliphatic heterocycles. The summed E-state index contributed by atoms with van der Waals surface area (Å²) in [4.78, 5) is 0. The van der Waals surface area contributed by atoms with Crippen LogP contribution in [-0.2, 0) is 4.74 Å². The van der Waals surface area contributed by atoms with Crippen LogP contribution >= 0.6 is 0 Å². The van der Waals surface area contributed by atoms with Crippen LogP contribution in [0.15, 0.2) is 0 Å². The van der Waals surface area contributed by atoms with Crippen LogP contribution in [0.3, 0.4) is 0 Å². The molecule has 4 aliphatic carbocycles. The number of hydrogen-bond donors (Lipinski definition) is 2. The van der Waals surface area contributed by atoms with Crippen LogP contribution in [-0.4, -0.2) is 29.6 Å². The van der Waals surface area contributed by atoms with E-state index in [9.17, 15) is 5.11 Å². The van der Waals surface area contributed by atoms with E-state index in [4.69, 9.17) is 4.74 Å². The molecule has 0 aromatic carbocycles. The van der Waals surface area contributed by atoms with Gasteiger partial charge in [0.05, 0.1) is 12.2 Å². The largest absolute Gasteiger partial charge is 0.393 e. The number of rotatable bonds is 0. The van der Waals surface area contributed by atoms with Crippen LogP contribution in [0.4, 0.5) is 0 Å². The molecule has 4 saturated carbocycles. The topological polar surface area (TPSA) is 41.5 Å². The van der Waals surface area contributed by atoms with Crippen molar-refractivity contribution in [3.63, 3.8) is 0 Å². The van der Waals surface area contributed by atoms with Gasteiger partial charge in [0.1, 0.15) is 5.72 Å². The normalized spacial score (nSPS) is 62.5. The van der Waals surface area contributed by atoms with Gasteiger partial charge in [-0.05, 0) is 111 Å². The van der Waals surface area contributed by atoms with Gasteiger partial charge in [0.15, 0.2) is 0 Å². The Balaban J connectivity index is 1.26. The van der Waals surface area contributed by atoms with Crippen molar-refractivity contribution in [2.75, 3.05) is 6.54 Å². The molecule has 2 N–H and O–H groups in total. The third kappa shape index (κ3) is 2.61. The molecule has 0 amide bonds. The van der Waals surface area contributed by atoms with Crippen LogP contribution in [0, 0.1) is 52.3 Å². The van der Waals surface area contributed by atoms with Gasteiger partial charge in [0.25, 0.3) is 0 Å². The van der Waals surface area contributed by atoms with Crippen molar-refractivity contribution in [3.8, 4) is 0 Å². The Labute approximate surface area is 184 Å². The van der Waals surface area contributed by atoms with Gasteiger partial charge in [-0.15, -0.1) is 0 Å². The predicted molar refractivity (Wildman–Crippen MR) is 120 cm³/mol. The van der Waals surface area contributed by atoms with Gasteiger partial charge in [0.2, 0.25) is 0 Å². The molecule has 0 aromatic heterocycles. The zero-order valence-electron chi connectivity index (χ0n) is 19.8. The molecule has 2 saturated heterocycles. The fourth-order valence-corrected chi connectivity index (χ4v) is 10.4. The van der Waals surface area contributed by atoms with Crippen LogP contribution in [0.1, 0.15) is 91.9 Å². The maximum Gasteiger partial charge on any atom is 0.122 e. The first-order valence-electron chi connectivity index (χ1n) is 13.4. The number of piperidine rings is 1. The van der Waals surface area contributed by atoms with E-state index in [0.717, 1.165) is 54.9 Å². The van der Waals surface area contributed by atoms with E-state index in [2.05, 4.69) is 33.0 Å². The summed E-state index contributed by atoms with van der Waals surface area (Å²) >= 11 is 0. The lowest BCUT2D eigenvalue weighted by molar-refractivity contribution is -0.140. The average Bonchev–Trinajstić information content (AvgIpc) is 3.16. The lowest BCUT2D eigenvalue weighted by Crippen LogP contribution is -2.57. The molecule has 0 radical (unpaired) electrons. The lowest BCUT2D eigenvalue weighted by Gasteiger charge is -2.61. The highest BCUT2D eigenvalue weighted by Crippen LogP contribution is 2.71. The molecule has 3 nitrogen and oxygen atoms in total. The second kappa shape index (κ2) is 6.70. The minimum Gasteiger partial charge on any atom is -0.393 e. The maximum absolute atomic E-state index is 10.3. The first-order valence-corrected chi connectivity index (χ1v) is 13.4. The molecule has 6 rings (SSSR count). The van der Waals surface area contributed by atoms with Crippen molar-refractivity contribution in [2.24, 2.45) is 52.3 Å². The summed E-state index contributed by atoms with van der Waals surface area (Å²) in [5, 5.41) is 14.2. The molecule has 170 valence electrons. The zero-order valence-corrected chi connectivity index (χ0v) is 19.8. The lowest BCUT2D eigenvalue weighted by atomic mass is 9.44. The van der Waals surface area contributed by atoms with Crippen LogP contribution in [0.2, 0.25) is 0 Å². The van der Waals surface area contributed by atoms with E-state index >= 15 is 0 Å². The summed E-state index contributed by atoms with van der Waals surface area (Å²) in [6, 6.07) is 0. The minimum absolute atomic E-state index is 0.0319. The van der Waals surface area contributed by atoms with E-state index in [0.29, 0.717) is 22.9 Å². The summed E-state index contributed by atoms with van der Waals surface area (Å²) in [6.45, 7) is 11.3. The van der Waals surface area contributed by atoms with Crippen LogP contribution in [0.5, 0.6) is 0 Å². The number of aliphatic hydroxyl groups excluding tert-OH is 1. The van der Waals surface area contributed by atoms with Crippen molar-refractivity contribution in [3.05, 3.63) is 0 Å². The van der Waals surface area contributed by atoms with Gasteiger partial charge < -0.3 is 9.84 Å². The number of fused-ring (bicyclic) bond motifs is 7. The molecule has 2 unspecified atom stereocenters. The Morgan fingerprint density at radius 3 is 2.43 bits per heavy atom. The van der Waals surface area contributed by atoms with Crippen molar-refractivity contribution in [2.45, 2.75) is 110 Å². The Hall–Kier alpha value is -0.120. The molecule has 2 heterocycles. The first-order chi connectivity index (χ1) is 14.3. The standard InChI is InChI=1S/C27H45NO2/c1-16-7-12-27(28-15-16)17(2)24-23(30-27)14-22-20-6-5-18-13-19(29)8-10-25(18,3)21(20)9-11-26(22,24)4/h16-24,28-29H,5-15H2,1-4H3/t16-,17?,18-,19-,20+,21-,22-,23-,24?,25-,26-,27-/m0/s1. The van der Waals surface area contributed by atoms with Gasteiger partial charge in [0, 0.05) is 12.5 Å². The smallest absolute Gasteiger partial charge is 0.122 e. The SMILES string of the molecule is CC1C2[C@H](C[C@H]3[C@@H]4CC[C@H]5C[C@@H](O)CC[C@]5(C)[C@H]4CC[C@]23C)O[C@@]12CC[C@H](C)CN2. The van der Waals surface area contributed by atoms with Gasteiger partial charge in [-0.1, -0.05) is 27.7 Å². The van der Waals surface area contributed by atoms with E-state index in [1.807, 2.05) is 0 Å². The van der Waals surface area contributed by atoms with E-state index < -0.39 is 0 Å². The summed E-state index contributed by atoms with van der Waals surface area (Å²) in [5.74, 6) is 5.57. The van der Waals surface area contributed by atoms with Crippen molar-refractivity contribution >= 4 is 0 Å². The van der Waals surface area contributed by atoms with Crippen molar-refractivity contribution in [1.29, 1.82) is 0 Å². The molecule has 6 aliphatic rings. The molecular formula is C27H45NO2. The van der Waals surface area contributed by atoms with Crippen LogP contribution in [0.25, 0.3) is 0 Å². The summed E-state index contributed by atoms with van der Waals surface area (Å²) < 4.78 is 7.01. The van der Waals surface area contributed by atoms with Crippen LogP contribution < -0.4 is 5.32 Å². The Bertz CT molecular complexity index is 686. The fraction of sp³-hybridized carbons (Fsp3) is 1.00. The van der Waals surface area contributed by atoms with Crippen molar-refractivity contribution in [1.82, 2.24) is 5.32 Å². The number of aliphatic hydroxyl groups is 1. The highest BCUT2D eigenvalue weighted by molar-refractivity contribution is 5.16. The minimum atomic E-state index is -0.0320. The molecule has 30 heavy (non-hydrogen) atoms. The average molecular weight is 416 g/mol. The molecule has 0 aromatic rings. The molecular weight excluding hydrogens is 370 g/mol. The summed E-state index contributed by atoms with van der Waals surface area (Å²) in [6.07, 6.45) is 13.2. The Morgan fingerprint density at radius 1 is 0.867 bits per heavy atom. The quantitative estimate of drug-likeness (QED) is 0.559. The maximum atomic E-state index is 10.3. The van der Waals surface area contributed by atoms with Crippen molar-refractivity contribution < 1.29 is 9.84 Å². The number of ether oxygens (including phenoxy) is 1. The Morgan fingerprint density at radius 2 is 1.67 bits per heavy atom. The highest BCUT2D eigenvalue weighted by atomic mass is 16.5. The van der Waals surface area contributed by atoms with Gasteiger partial charge in [-0.3, -0.25) is 5.32 Å². The molecule has 1 spiro atoms. The number of hydrogen-bond acceptors (Lipinski definition) is 3. The second-order valence-corrected chi connectivity index (χ2v) is 13.3. The number of nitrogens with one attached hydrogen (secondary N) is 1.